The van der Waals surface area contributed by atoms with Gasteiger partial charge >= 0.3 is 17.9 Å². The van der Waals surface area contributed by atoms with Gasteiger partial charge in [-0.3, -0.25) is 0 Å². The second kappa shape index (κ2) is 5.63. The fraction of sp³-hybridized carbons (Fsp3) is 0.385. The summed E-state index contributed by atoms with van der Waals surface area (Å²) in [6.07, 6.45) is 0. The van der Waals surface area contributed by atoms with Crippen molar-refractivity contribution < 1.29 is 28.2 Å². The lowest BCUT2D eigenvalue weighted by molar-refractivity contribution is -0.200. The largest absolute Gasteiger partial charge is 0.477 e. The first kappa shape index (κ1) is 16.8. The van der Waals surface area contributed by atoms with E-state index < -0.39 is 23.5 Å². The summed E-state index contributed by atoms with van der Waals surface area (Å²) in [7, 11) is 0. The van der Waals surface area contributed by atoms with Gasteiger partial charge in [0.05, 0.1) is 5.56 Å². The summed E-state index contributed by atoms with van der Waals surface area (Å²) < 4.78 is 32.5. The van der Waals surface area contributed by atoms with Gasteiger partial charge in [0.15, 0.2) is 5.60 Å². The van der Waals surface area contributed by atoms with Crippen LogP contribution in [-0.2, 0) is 9.53 Å². The van der Waals surface area contributed by atoms with Crippen molar-refractivity contribution in [2.75, 3.05) is 0 Å². The number of hydrogen-bond acceptors (Lipinski definition) is 3. The third kappa shape index (κ3) is 3.25. The zero-order valence-electron chi connectivity index (χ0n) is 11.0. The maximum Gasteiger partial charge on any atom is 0.380 e. The Balaban J connectivity index is 3.00. The van der Waals surface area contributed by atoms with Crippen LogP contribution in [0.5, 0.6) is 0 Å². The smallest absolute Gasteiger partial charge is 0.380 e. The molecule has 0 atom stereocenters. The highest BCUT2D eigenvalue weighted by molar-refractivity contribution is 14.1. The molecule has 0 fully saturated rings. The monoisotopic (exact) mass is 398 g/mol. The van der Waals surface area contributed by atoms with Crippen LogP contribution in [0.2, 0.25) is 0 Å². The normalized spacial score (nSPS) is 12.1. The van der Waals surface area contributed by atoms with Crippen LogP contribution >= 0.6 is 22.6 Å². The van der Waals surface area contributed by atoms with Gasteiger partial charge in [-0.1, -0.05) is 0 Å². The molecule has 20 heavy (non-hydrogen) atoms. The van der Waals surface area contributed by atoms with Crippen molar-refractivity contribution in [1.29, 1.82) is 0 Å². The number of esters is 1. The Hall–Kier alpha value is -1.25. The van der Waals surface area contributed by atoms with Gasteiger partial charge in [-0.15, -0.1) is 0 Å². The molecule has 1 N–H and O–H groups in total. The van der Waals surface area contributed by atoms with Gasteiger partial charge in [-0.05, 0) is 67.1 Å². The lowest BCUT2D eigenvalue weighted by Gasteiger charge is -2.30. The number of aliphatic carboxylic acids is 1. The minimum Gasteiger partial charge on any atom is -0.477 e. The van der Waals surface area contributed by atoms with Gasteiger partial charge in [0.2, 0.25) is 0 Å². The van der Waals surface area contributed by atoms with Crippen molar-refractivity contribution in [3.05, 3.63) is 32.9 Å². The van der Waals surface area contributed by atoms with E-state index in [1.165, 1.54) is 12.1 Å². The summed E-state index contributed by atoms with van der Waals surface area (Å²) >= 11 is 2.06. The van der Waals surface area contributed by atoms with Crippen LogP contribution < -0.4 is 0 Å². The number of aryl methyl sites for hydroxylation is 1. The molecule has 0 aliphatic rings. The van der Waals surface area contributed by atoms with Gasteiger partial charge in [-0.2, -0.15) is 8.78 Å². The van der Waals surface area contributed by atoms with E-state index in [2.05, 4.69) is 27.3 Å². The lowest BCUT2D eigenvalue weighted by Crippen LogP contribution is -2.51. The van der Waals surface area contributed by atoms with Crippen molar-refractivity contribution in [3.63, 3.8) is 0 Å². The van der Waals surface area contributed by atoms with Crippen LogP contribution in [0.25, 0.3) is 0 Å². The van der Waals surface area contributed by atoms with Gasteiger partial charge < -0.3 is 9.84 Å². The Morgan fingerprint density at radius 1 is 1.30 bits per heavy atom. The van der Waals surface area contributed by atoms with Crippen molar-refractivity contribution in [2.24, 2.45) is 0 Å². The predicted molar refractivity (Wildman–Crippen MR) is 76.0 cm³/mol. The van der Waals surface area contributed by atoms with E-state index in [-0.39, 0.29) is 5.56 Å². The summed E-state index contributed by atoms with van der Waals surface area (Å²) in [5, 5.41) is 8.50. The Kier molecular flexibility index (Phi) is 4.73. The van der Waals surface area contributed by atoms with E-state index in [0.29, 0.717) is 0 Å². The Bertz CT molecular complexity index is 555. The average Bonchev–Trinajstić information content (AvgIpc) is 2.31. The molecule has 0 saturated carbocycles. The van der Waals surface area contributed by atoms with Crippen molar-refractivity contribution in [2.45, 2.75) is 32.3 Å². The summed E-state index contributed by atoms with van der Waals surface area (Å²) in [5.74, 6) is -7.51. The quantitative estimate of drug-likeness (QED) is 0.625. The van der Waals surface area contributed by atoms with E-state index >= 15 is 0 Å². The van der Waals surface area contributed by atoms with Crippen LogP contribution in [0.4, 0.5) is 8.78 Å². The highest BCUT2D eigenvalue weighted by atomic mass is 127. The summed E-state index contributed by atoms with van der Waals surface area (Å²) in [6, 6.07) is 4.58. The topological polar surface area (TPSA) is 63.6 Å². The molecule has 0 aromatic heterocycles. The number of rotatable bonds is 4. The predicted octanol–water partition coefficient (Wildman–Crippen LogP) is 3.25. The molecule has 0 heterocycles. The van der Waals surface area contributed by atoms with Crippen molar-refractivity contribution in [3.8, 4) is 0 Å². The molecule has 1 rings (SSSR count). The van der Waals surface area contributed by atoms with Crippen LogP contribution in [0.1, 0.15) is 29.8 Å². The SMILES string of the molecule is Cc1cc(C(=O)OC(C)(C)C(F)(F)C(=O)O)ccc1I. The first-order chi connectivity index (χ1) is 8.99. The lowest BCUT2D eigenvalue weighted by atomic mass is 10.00. The number of carboxylic acids is 1. The maximum absolute atomic E-state index is 13.5. The Morgan fingerprint density at radius 2 is 1.85 bits per heavy atom. The molecule has 0 bridgehead atoms. The summed E-state index contributed by atoms with van der Waals surface area (Å²) in [4.78, 5) is 22.4. The van der Waals surface area contributed by atoms with E-state index in [4.69, 9.17) is 5.11 Å². The number of carbonyl (C=O) groups is 2. The van der Waals surface area contributed by atoms with Gasteiger partial charge in [0.25, 0.3) is 0 Å². The molecule has 1 aromatic carbocycles. The van der Waals surface area contributed by atoms with Gasteiger partial charge in [0, 0.05) is 3.57 Å². The molecular formula is C13H13F2IO4. The van der Waals surface area contributed by atoms with Crippen LogP contribution in [0, 0.1) is 10.5 Å². The highest BCUT2D eigenvalue weighted by Gasteiger charge is 2.56. The zero-order chi connectivity index (χ0) is 15.7. The van der Waals surface area contributed by atoms with Crippen LogP contribution in [0.15, 0.2) is 18.2 Å². The second-order valence-electron chi connectivity index (χ2n) is 4.74. The fourth-order valence-corrected chi connectivity index (χ4v) is 1.72. The number of benzene rings is 1. The van der Waals surface area contributed by atoms with Gasteiger partial charge in [0.1, 0.15) is 0 Å². The molecule has 0 amide bonds. The molecule has 0 aliphatic heterocycles. The molecule has 0 spiro atoms. The average molecular weight is 398 g/mol. The Morgan fingerprint density at radius 3 is 2.30 bits per heavy atom. The molecule has 4 nitrogen and oxygen atoms in total. The molecule has 0 aliphatic carbocycles. The number of alkyl halides is 2. The van der Waals surface area contributed by atoms with Crippen molar-refractivity contribution in [1.82, 2.24) is 0 Å². The minimum absolute atomic E-state index is 0.0946. The molecule has 110 valence electrons. The molecule has 0 radical (unpaired) electrons. The second-order valence-corrected chi connectivity index (χ2v) is 5.91. The number of carboxylic acid groups (broad SMARTS) is 1. The third-order valence-corrected chi connectivity index (χ3v) is 3.98. The third-order valence-electron chi connectivity index (χ3n) is 2.77. The van der Waals surface area contributed by atoms with Crippen molar-refractivity contribution >= 4 is 34.5 Å². The van der Waals surface area contributed by atoms with Crippen LogP contribution in [0.3, 0.4) is 0 Å². The fourth-order valence-electron chi connectivity index (χ4n) is 1.38. The van der Waals surface area contributed by atoms with E-state index in [1.54, 1.807) is 13.0 Å². The zero-order valence-corrected chi connectivity index (χ0v) is 13.2. The van der Waals surface area contributed by atoms with Crippen LogP contribution in [-0.4, -0.2) is 28.6 Å². The molecule has 1 aromatic rings. The molecule has 7 heteroatoms. The summed E-state index contributed by atoms with van der Waals surface area (Å²) in [6.45, 7) is 3.48. The number of hydrogen-bond donors (Lipinski definition) is 1. The number of halogens is 3. The molecular weight excluding hydrogens is 385 g/mol. The minimum atomic E-state index is -4.18. The van der Waals surface area contributed by atoms with E-state index in [9.17, 15) is 18.4 Å². The number of carbonyl (C=O) groups excluding carboxylic acids is 1. The van der Waals surface area contributed by atoms with E-state index in [0.717, 1.165) is 23.0 Å². The number of ether oxygens (including phenoxy) is 1. The Labute approximate surface area is 128 Å². The molecule has 0 saturated heterocycles. The summed E-state index contributed by atoms with van der Waals surface area (Å²) in [5.41, 5.74) is -1.56. The highest BCUT2D eigenvalue weighted by Crippen LogP contribution is 2.32. The maximum atomic E-state index is 13.5. The van der Waals surface area contributed by atoms with E-state index in [1.807, 2.05) is 0 Å². The van der Waals surface area contributed by atoms with Gasteiger partial charge in [-0.25, -0.2) is 9.59 Å². The standard InChI is InChI=1S/C13H13F2IO4/c1-7-6-8(4-5-9(7)16)10(17)20-12(2,3)13(14,15)11(18)19/h4-6H,1-3H3,(H,18,19). The first-order valence-electron chi connectivity index (χ1n) is 5.60. The first-order valence-corrected chi connectivity index (χ1v) is 6.67. The molecule has 0 unspecified atom stereocenters.